The van der Waals surface area contributed by atoms with Crippen molar-refractivity contribution >= 4 is 5.97 Å². The highest BCUT2D eigenvalue weighted by atomic mass is 16.7. The van der Waals surface area contributed by atoms with Gasteiger partial charge in [-0.05, 0) is 32.3 Å². The van der Waals surface area contributed by atoms with Crippen LogP contribution >= 0.6 is 0 Å². The van der Waals surface area contributed by atoms with E-state index >= 15 is 0 Å². The monoisotopic (exact) mass is 306 g/mol. The van der Waals surface area contributed by atoms with E-state index in [-0.39, 0.29) is 24.1 Å². The second-order valence-electron chi connectivity index (χ2n) is 6.44. The second kappa shape index (κ2) is 7.25. The zero-order chi connectivity index (χ0) is 16.2. The van der Waals surface area contributed by atoms with Crippen molar-refractivity contribution in [3.8, 4) is 0 Å². The SMILES string of the molecule is CC(CC(=O)OCc1ccccc1)CC1(C)O[C@H](C)[C@@H](C)O1. The van der Waals surface area contributed by atoms with E-state index in [1.54, 1.807) is 0 Å². The topological polar surface area (TPSA) is 44.8 Å². The van der Waals surface area contributed by atoms with E-state index in [4.69, 9.17) is 14.2 Å². The van der Waals surface area contributed by atoms with Crippen LogP contribution in [0.1, 0.15) is 46.1 Å². The number of ether oxygens (including phenoxy) is 3. The Kier molecular flexibility index (Phi) is 5.59. The van der Waals surface area contributed by atoms with Gasteiger partial charge in [-0.2, -0.15) is 0 Å². The number of rotatable bonds is 6. The van der Waals surface area contributed by atoms with Gasteiger partial charge in [0, 0.05) is 12.8 Å². The van der Waals surface area contributed by atoms with Crippen molar-refractivity contribution in [1.82, 2.24) is 0 Å². The Hall–Kier alpha value is -1.39. The van der Waals surface area contributed by atoms with Crippen LogP contribution in [0.2, 0.25) is 0 Å². The molecule has 0 aliphatic carbocycles. The molecule has 1 unspecified atom stereocenters. The molecule has 0 aromatic heterocycles. The third-order valence-corrected chi connectivity index (χ3v) is 4.01. The molecule has 0 bridgehead atoms. The van der Waals surface area contributed by atoms with E-state index in [9.17, 15) is 4.79 Å². The van der Waals surface area contributed by atoms with E-state index in [0.29, 0.717) is 19.4 Å². The van der Waals surface area contributed by atoms with Gasteiger partial charge < -0.3 is 14.2 Å². The largest absolute Gasteiger partial charge is 0.461 e. The predicted octanol–water partition coefficient (Wildman–Crippen LogP) is 3.69. The van der Waals surface area contributed by atoms with E-state index in [2.05, 4.69) is 0 Å². The lowest BCUT2D eigenvalue weighted by atomic mass is 9.98. The molecule has 0 N–H and O–H groups in total. The molecule has 1 heterocycles. The smallest absolute Gasteiger partial charge is 0.306 e. The molecule has 4 heteroatoms. The Labute approximate surface area is 132 Å². The standard InChI is InChI=1S/C18H26O4/c1-13(11-18(4)21-14(2)15(3)22-18)10-17(19)20-12-16-8-6-5-7-9-16/h5-9,13-15H,10-12H2,1-4H3/t13?,14-,15-/m1/s1. The van der Waals surface area contributed by atoms with Gasteiger partial charge in [0.1, 0.15) is 6.61 Å². The Morgan fingerprint density at radius 1 is 1.23 bits per heavy atom. The molecule has 0 radical (unpaired) electrons. The molecule has 1 aromatic carbocycles. The number of esters is 1. The first-order chi connectivity index (χ1) is 10.4. The Morgan fingerprint density at radius 3 is 2.41 bits per heavy atom. The van der Waals surface area contributed by atoms with Crippen molar-refractivity contribution in [1.29, 1.82) is 0 Å². The highest BCUT2D eigenvalue weighted by Gasteiger charge is 2.41. The highest BCUT2D eigenvalue weighted by molar-refractivity contribution is 5.69. The number of hydrogen-bond donors (Lipinski definition) is 0. The van der Waals surface area contributed by atoms with Gasteiger partial charge in [0.2, 0.25) is 0 Å². The van der Waals surface area contributed by atoms with Crippen LogP contribution in [-0.2, 0) is 25.6 Å². The number of carbonyl (C=O) groups excluding carboxylic acids is 1. The van der Waals surface area contributed by atoms with Crippen molar-refractivity contribution in [2.45, 2.75) is 65.1 Å². The first-order valence-electron chi connectivity index (χ1n) is 7.93. The van der Waals surface area contributed by atoms with Crippen LogP contribution in [-0.4, -0.2) is 24.0 Å². The van der Waals surface area contributed by atoms with Gasteiger partial charge in [-0.1, -0.05) is 37.3 Å². The van der Waals surface area contributed by atoms with Gasteiger partial charge in [0.25, 0.3) is 0 Å². The van der Waals surface area contributed by atoms with Gasteiger partial charge in [-0.25, -0.2) is 0 Å². The van der Waals surface area contributed by atoms with Crippen LogP contribution in [0.3, 0.4) is 0 Å². The molecule has 0 spiro atoms. The lowest BCUT2D eigenvalue weighted by Gasteiger charge is -2.26. The highest BCUT2D eigenvalue weighted by Crippen LogP contribution is 2.34. The molecule has 3 atom stereocenters. The van der Waals surface area contributed by atoms with E-state index in [0.717, 1.165) is 5.56 Å². The molecule has 0 amide bonds. The lowest BCUT2D eigenvalue weighted by molar-refractivity contribution is -0.172. The molecule has 1 aliphatic rings. The molecule has 1 fully saturated rings. The molecule has 122 valence electrons. The summed E-state index contributed by atoms with van der Waals surface area (Å²) >= 11 is 0. The fourth-order valence-electron chi connectivity index (χ4n) is 2.89. The predicted molar refractivity (Wildman–Crippen MR) is 84.1 cm³/mol. The maximum absolute atomic E-state index is 11.9. The fraction of sp³-hybridized carbons (Fsp3) is 0.611. The summed E-state index contributed by atoms with van der Waals surface area (Å²) < 4.78 is 17.1. The van der Waals surface area contributed by atoms with Crippen molar-refractivity contribution < 1.29 is 19.0 Å². The Balaban J connectivity index is 1.75. The maximum atomic E-state index is 11.9. The quantitative estimate of drug-likeness (QED) is 0.752. The second-order valence-corrected chi connectivity index (χ2v) is 6.44. The molecule has 2 rings (SSSR count). The number of carbonyl (C=O) groups is 1. The minimum Gasteiger partial charge on any atom is -0.461 e. The van der Waals surface area contributed by atoms with Crippen LogP contribution in [0.4, 0.5) is 0 Å². The summed E-state index contributed by atoms with van der Waals surface area (Å²) in [6.45, 7) is 8.31. The van der Waals surface area contributed by atoms with Crippen LogP contribution in [0.25, 0.3) is 0 Å². The fourth-order valence-corrected chi connectivity index (χ4v) is 2.89. The van der Waals surface area contributed by atoms with Crippen LogP contribution in [0.5, 0.6) is 0 Å². The molecule has 1 aliphatic heterocycles. The van der Waals surface area contributed by atoms with Crippen LogP contribution < -0.4 is 0 Å². The van der Waals surface area contributed by atoms with Crippen molar-refractivity contribution in [2.75, 3.05) is 0 Å². The first-order valence-corrected chi connectivity index (χ1v) is 7.93. The number of benzene rings is 1. The minimum absolute atomic E-state index is 0.0854. The van der Waals surface area contributed by atoms with Crippen LogP contribution in [0.15, 0.2) is 30.3 Å². The van der Waals surface area contributed by atoms with Gasteiger partial charge in [0.15, 0.2) is 5.79 Å². The Morgan fingerprint density at radius 2 is 1.82 bits per heavy atom. The van der Waals surface area contributed by atoms with Crippen molar-refractivity contribution in [2.24, 2.45) is 5.92 Å². The summed E-state index contributed by atoms with van der Waals surface area (Å²) in [6.07, 6.45) is 1.23. The summed E-state index contributed by atoms with van der Waals surface area (Å²) in [5.74, 6) is -0.636. The molecule has 4 nitrogen and oxygen atoms in total. The van der Waals surface area contributed by atoms with E-state index in [1.165, 1.54) is 0 Å². The molecule has 0 saturated carbocycles. The molecular formula is C18H26O4. The average Bonchev–Trinajstić information content (AvgIpc) is 2.70. The van der Waals surface area contributed by atoms with Gasteiger partial charge in [-0.15, -0.1) is 0 Å². The van der Waals surface area contributed by atoms with Gasteiger partial charge in [-0.3, -0.25) is 4.79 Å². The third-order valence-electron chi connectivity index (χ3n) is 4.01. The van der Waals surface area contributed by atoms with Crippen LogP contribution in [0, 0.1) is 5.92 Å². The molecular weight excluding hydrogens is 280 g/mol. The molecule has 22 heavy (non-hydrogen) atoms. The maximum Gasteiger partial charge on any atom is 0.306 e. The zero-order valence-electron chi connectivity index (χ0n) is 13.9. The first kappa shape index (κ1) is 17.0. The summed E-state index contributed by atoms with van der Waals surface area (Å²) in [6, 6.07) is 9.70. The summed E-state index contributed by atoms with van der Waals surface area (Å²) in [7, 11) is 0. The Bertz CT molecular complexity index is 475. The number of hydrogen-bond acceptors (Lipinski definition) is 4. The van der Waals surface area contributed by atoms with Gasteiger partial charge in [0.05, 0.1) is 12.2 Å². The van der Waals surface area contributed by atoms with Crippen molar-refractivity contribution in [3.63, 3.8) is 0 Å². The lowest BCUT2D eigenvalue weighted by Crippen LogP contribution is -2.30. The summed E-state index contributed by atoms with van der Waals surface area (Å²) in [4.78, 5) is 11.9. The zero-order valence-corrected chi connectivity index (χ0v) is 13.9. The summed E-state index contributed by atoms with van der Waals surface area (Å²) in [5.41, 5.74) is 1.00. The molecule has 1 saturated heterocycles. The normalized spacial score (nSPS) is 24.9. The van der Waals surface area contributed by atoms with E-state index < -0.39 is 5.79 Å². The van der Waals surface area contributed by atoms with E-state index in [1.807, 2.05) is 58.0 Å². The van der Waals surface area contributed by atoms with Gasteiger partial charge >= 0.3 is 5.97 Å². The minimum atomic E-state index is -0.599. The molecule has 1 aromatic rings. The third kappa shape index (κ3) is 4.82. The summed E-state index contributed by atoms with van der Waals surface area (Å²) in [5, 5.41) is 0. The average molecular weight is 306 g/mol. The van der Waals surface area contributed by atoms with Crippen molar-refractivity contribution in [3.05, 3.63) is 35.9 Å².